The lowest BCUT2D eigenvalue weighted by molar-refractivity contribution is -0.125. The Morgan fingerprint density at radius 2 is 1.79 bits per heavy atom. The minimum atomic E-state index is -0.474. The molecule has 1 aliphatic rings. The van der Waals surface area contributed by atoms with Gasteiger partial charge in [0.2, 0.25) is 5.91 Å². The fourth-order valence-corrected chi connectivity index (χ4v) is 4.24. The molecule has 0 unspecified atom stereocenters. The number of para-hydroxylation sites is 1. The predicted octanol–water partition coefficient (Wildman–Crippen LogP) is 4.29. The highest BCUT2D eigenvalue weighted by Gasteiger charge is 2.34. The number of methoxy groups -OCH3 is 2. The highest BCUT2D eigenvalue weighted by atomic mass is 16.5. The Morgan fingerprint density at radius 1 is 0.970 bits per heavy atom. The van der Waals surface area contributed by atoms with Crippen LogP contribution in [0, 0.1) is 0 Å². The van der Waals surface area contributed by atoms with E-state index in [9.17, 15) is 9.59 Å². The molecule has 0 spiro atoms. The molecule has 1 saturated heterocycles. The number of hydrogen-bond donors (Lipinski definition) is 1. The number of hydrogen-bond acceptors (Lipinski definition) is 4. The molecule has 1 N–H and O–H groups in total. The van der Waals surface area contributed by atoms with Gasteiger partial charge in [0.05, 0.1) is 14.2 Å². The van der Waals surface area contributed by atoms with Crippen LogP contribution in [0.2, 0.25) is 0 Å². The van der Waals surface area contributed by atoms with E-state index in [1.165, 1.54) is 0 Å². The van der Waals surface area contributed by atoms with Crippen molar-refractivity contribution in [1.29, 1.82) is 0 Å². The average molecular weight is 445 g/mol. The van der Waals surface area contributed by atoms with Crippen LogP contribution in [-0.4, -0.2) is 43.5 Å². The number of ether oxygens (including phenoxy) is 2. The molecule has 1 heterocycles. The van der Waals surface area contributed by atoms with E-state index >= 15 is 0 Å². The SMILES string of the molecule is COc1cccc(CNC(=O)[C@@H]2CCCN2C(=O)c2cccc(-c3ccccc3OC)c2)c1. The Kier molecular flexibility index (Phi) is 6.93. The maximum atomic E-state index is 13.4. The number of carbonyl (C=O) groups excluding carboxylic acids is 2. The van der Waals surface area contributed by atoms with Gasteiger partial charge in [-0.25, -0.2) is 0 Å². The zero-order valence-electron chi connectivity index (χ0n) is 18.9. The molecule has 1 aliphatic heterocycles. The fourth-order valence-electron chi connectivity index (χ4n) is 4.24. The lowest BCUT2D eigenvalue weighted by Crippen LogP contribution is -2.45. The van der Waals surface area contributed by atoms with Crippen LogP contribution in [-0.2, 0) is 11.3 Å². The summed E-state index contributed by atoms with van der Waals surface area (Å²) in [4.78, 5) is 28.0. The van der Waals surface area contributed by atoms with Gasteiger partial charge in [0.1, 0.15) is 17.5 Å². The van der Waals surface area contributed by atoms with Crippen LogP contribution in [0.3, 0.4) is 0 Å². The van der Waals surface area contributed by atoms with Gasteiger partial charge in [0, 0.05) is 24.2 Å². The lowest BCUT2D eigenvalue weighted by atomic mass is 10.0. The van der Waals surface area contributed by atoms with E-state index in [1.807, 2.05) is 66.7 Å². The van der Waals surface area contributed by atoms with Crippen molar-refractivity contribution in [3.63, 3.8) is 0 Å². The molecule has 0 radical (unpaired) electrons. The van der Waals surface area contributed by atoms with Crippen molar-refractivity contribution < 1.29 is 19.1 Å². The van der Waals surface area contributed by atoms with Crippen molar-refractivity contribution in [2.75, 3.05) is 20.8 Å². The van der Waals surface area contributed by atoms with Crippen LogP contribution >= 0.6 is 0 Å². The van der Waals surface area contributed by atoms with Gasteiger partial charge in [0.25, 0.3) is 5.91 Å². The monoisotopic (exact) mass is 444 g/mol. The normalized spacial score (nSPS) is 15.2. The maximum absolute atomic E-state index is 13.4. The number of nitrogens with zero attached hydrogens (tertiary/aromatic N) is 1. The molecule has 0 aliphatic carbocycles. The van der Waals surface area contributed by atoms with Gasteiger partial charge in [-0.2, -0.15) is 0 Å². The number of amides is 2. The molecule has 0 saturated carbocycles. The largest absolute Gasteiger partial charge is 0.497 e. The lowest BCUT2D eigenvalue weighted by Gasteiger charge is -2.24. The molecule has 0 bridgehead atoms. The zero-order valence-corrected chi connectivity index (χ0v) is 18.9. The van der Waals surface area contributed by atoms with Crippen LogP contribution in [0.15, 0.2) is 72.8 Å². The molecule has 3 aromatic rings. The summed E-state index contributed by atoms with van der Waals surface area (Å²) in [6.07, 6.45) is 1.46. The zero-order chi connectivity index (χ0) is 23.2. The molecule has 6 heteroatoms. The number of likely N-dealkylation sites (tertiary alicyclic amines) is 1. The maximum Gasteiger partial charge on any atom is 0.254 e. The summed E-state index contributed by atoms with van der Waals surface area (Å²) in [5, 5.41) is 2.98. The van der Waals surface area contributed by atoms with Crippen LogP contribution in [0.4, 0.5) is 0 Å². The van der Waals surface area contributed by atoms with Crippen LogP contribution < -0.4 is 14.8 Å². The Morgan fingerprint density at radius 3 is 2.61 bits per heavy atom. The minimum absolute atomic E-state index is 0.134. The van der Waals surface area contributed by atoms with E-state index in [0.717, 1.165) is 34.6 Å². The summed E-state index contributed by atoms with van der Waals surface area (Å²) in [6.45, 7) is 0.951. The molecule has 1 fully saturated rings. The quantitative estimate of drug-likeness (QED) is 0.590. The summed E-state index contributed by atoms with van der Waals surface area (Å²) in [6, 6.07) is 22.3. The standard InChI is InChI=1S/C27H28N2O4/c1-32-22-11-5-8-19(16-22)18-28-26(30)24-13-7-15-29(24)27(31)21-10-6-9-20(17-21)23-12-3-4-14-25(23)33-2/h3-6,8-12,14,16-17,24H,7,13,15,18H2,1-2H3,(H,28,30)/t24-/m0/s1. The fraction of sp³-hybridized carbons (Fsp3) is 0.259. The first-order valence-corrected chi connectivity index (χ1v) is 11.1. The first-order chi connectivity index (χ1) is 16.1. The van der Waals surface area contributed by atoms with E-state index in [0.29, 0.717) is 25.1 Å². The van der Waals surface area contributed by atoms with Gasteiger partial charge in [-0.3, -0.25) is 9.59 Å². The minimum Gasteiger partial charge on any atom is -0.497 e. The molecule has 6 nitrogen and oxygen atoms in total. The molecular weight excluding hydrogens is 416 g/mol. The summed E-state index contributed by atoms with van der Waals surface area (Å²) < 4.78 is 10.7. The van der Waals surface area contributed by atoms with Gasteiger partial charge in [0.15, 0.2) is 0 Å². The Hall–Kier alpha value is -3.80. The number of rotatable bonds is 7. The van der Waals surface area contributed by atoms with E-state index in [1.54, 1.807) is 25.2 Å². The second kappa shape index (κ2) is 10.2. The van der Waals surface area contributed by atoms with E-state index in [2.05, 4.69) is 5.32 Å². The van der Waals surface area contributed by atoms with Crippen LogP contribution in [0.1, 0.15) is 28.8 Å². The van der Waals surface area contributed by atoms with Gasteiger partial charge in [-0.15, -0.1) is 0 Å². The van der Waals surface area contributed by atoms with Crippen molar-refractivity contribution in [3.8, 4) is 22.6 Å². The van der Waals surface area contributed by atoms with Gasteiger partial charge >= 0.3 is 0 Å². The van der Waals surface area contributed by atoms with Crippen LogP contribution in [0.25, 0.3) is 11.1 Å². The van der Waals surface area contributed by atoms with Gasteiger partial charge in [-0.1, -0.05) is 42.5 Å². The topological polar surface area (TPSA) is 67.9 Å². The van der Waals surface area contributed by atoms with Crippen molar-refractivity contribution >= 4 is 11.8 Å². The molecule has 4 rings (SSSR count). The first-order valence-electron chi connectivity index (χ1n) is 11.1. The molecule has 0 aromatic heterocycles. The predicted molar refractivity (Wildman–Crippen MR) is 127 cm³/mol. The molecule has 33 heavy (non-hydrogen) atoms. The van der Waals surface area contributed by atoms with Crippen molar-refractivity contribution in [2.24, 2.45) is 0 Å². The van der Waals surface area contributed by atoms with Crippen LogP contribution in [0.5, 0.6) is 11.5 Å². The van der Waals surface area contributed by atoms with Gasteiger partial charge < -0.3 is 19.7 Å². The Balaban J connectivity index is 1.48. The van der Waals surface area contributed by atoms with Gasteiger partial charge in [-0.05, 0) is 54.3 Å². The molecule has 1 atom stereocenters. The highest BCUT2D eigenvalue weighted by Crippen LogP contribution is 2.31. The molecular formula is C27H28N2O4. The average Bonchev–Trinajstić information content (AvgIpc) is 3.37. The second-order valence-corrected chi connectivity index (χ2v) is 8.01. The highest BCUT2D eigenvalue weighted by molar-refractivity contribution is 5.99. The molecule has 170 valence electrons. The summed E-state index contributed by atoms with van der Waals surface area (Å²) in [7, 11) is 3.25. The van der Waals surface area contributed by atoms with Crippen molar-refractivity contribution in [1.82, 2.24) is 10.2 Å². The summed E-state index contributed by atoms with van der Waals surface area (Å²) in [5.41, 5.74) is 3.33. The van der Waals surface area contributed by atoms with Crippen molar-refractivity contribution in [3.05, 3.63) is 83.9 Å². The van der Waals surface area contributed by atoms with E-state index in [-0.39, 0.29) is 11.8 Å². The third kappa shape index (κ3) is 5.00. The summed E-state index contributed by atoms with van der Waals surface area (Å²) in [5.74, 6) is 1.22. The van der Waals surface area contributed by atoms with E-state index in [4.69, 9.17) is 9.47 Å². The number of benzene rings is 3. The van der Waals surface area contributed by atoms with E-state index < -0.39 is 6.04 Å². The van der Waals surface area contributed by atoms with Crippen molar-refractivity contribution in [2.45, 2.75) is 25.4 Å². The number of nitrogens with one attached hydrogen (secondary N) is 1. The Labute approximate surface area is 194 Å². The number of carbonyl (C=O) groups is 2. The third-order valence-electron chi connectivity index (χ3n) is 5.94. The first kappa shape index (κ1) is 22.4. The summed E-state index contributed by atoms with van der Waals surface area (Å²) >= 11 is 0. The smallest absolute Gasteiger partial charge is 0.254 e. The molecule has 3 aromatic carbocycles. The third-order valence-corrected chi connectivity index (χ3v) is 5.94. The Bertz CT molecular complexity index is 1140. The second-order valence-electron chi connectivity index (χ2n) is 8.01. The molecule has 2 amide bonds.